The SMILES string of the molecule is CCc1ccc(-c2noc(CN3C(=O)NC(C)(c4ccc(F)cc4F)C3=O)n2)cc1. The maximum atomic E-state index is 14.2. The maximum Gasteiger partial charge on any atom is 0.325 e. The number of aryl methyl sites for hydroxylation is 1. The molecule has 30 heavy (non-hydrogen) atoms. The van der Waals surface area contributed by atoms with Crippen molar-refractivity contribution >= 4 is 11.9 Å². The van der Waals surface area contributed by atoms with Crippen LogP contribution in [0.25, 0.3) is 11.4 Å². The van der Waals surface area contributed by atoms with Gasteiger partial charge >= 0.3 is 6.03 Å². The van der Waals surface area contributed by atoms with E-state index in [1.807, 2.05) is 31.2 Å². The Bertz CT molecular complexity index is 1130. The van der Waals surface area contributed by atoms with Crippen LogP contribution >= 0.6 is 0 Å². The van der Waals surface area contributed by atoms with E-state index in [1.54, 1.807) is 0 Å². The van der Waals surface area contributed by atoms with Gasteiger partial charge in [0.1, 0.15) is 23.7 Å². The molecule has 4 rings (SSSR count). The third-order valence-electron chi connectivity index (χ3n) is 5.13. The Labute approximate surface area is 170 Å². The lowest BCUT2D eigenvalue weighted by atomic mass is 9.91. The van der Waals surface area contributed by atoms with E-state index >= 15 is 0 Å². The molecule has 3 aromatic rings. The summed E-state index contributed by atoms with van der Waals surface area (Å²) in [4.78, 5) is 30.4. The molecule has 1 aromatic heterocycles. The van der Waals surface area contributed by atoms with Gasteiger partial charge in [-0.15, -0.1) is 0 Å². The zero-order valence-electron chi connectivity index (χ0n) is 16.3. The maximum absolute atomic E-state index is 14.2. The quantitative estimate of drug-likeness (QED) is 0.648. The highest BCUT2D eigenvalue weighted by Crippen LogP contribution is 2.32. The lowest BCUT2D eigenvalue weighted by molar-refractivity contribution is -0.131. The number of urea groups is 1. The molecule has 154 valence electrons. The zero-order valence-corrected chi connectivity index (χ0v) is 16.3. The summed E-state index contributed by atoms with van der Waals surface area (Å²) in [7, 11) is 0. The Hall–Kier alpha value is -3.62. The van der Waals surface area contributed by atoms with Crippen LogP contribution < -0.4 is 5.32 Å². The van der Waals surface area contributed by atoms with Crippen molar-refractivity contribution in [3.63, 3.8) is 0 Å². The van der Waals surface area contributed by atoms with Crippen molar-refractivity contribution in [1.29, 1.82) is 0 Å². The second kappa shape index (κ2) is 7.33. The summed E-state index contributed by atoms with van der Waals surface area (Å²) in [6.07, 6.45) is 0.900. The molecule has 7 nitrogen and oxygen atoms in total. The number of hydrogen-bond donors (Lipinski definition) is 1. The highest BCUT2D eigenvalue weighted by molar-refractivity contribution is 6.07. The van der Waals surface area contributed by atoms with Crippen LogP contribution in [0.15, 0.2) is 47.0 Å². The molecule has 0 aliphatic carbocycles. The fourth-order valence-corrected chi connectivity index (χ4v) is 3.38. The normalized spacial score (nSPS) is 18.7. The van der Waals surface area contributed by atoms with Crippen molar-refractivity contribution in [3.8, 4) is 11.4 Å². The Kier molecular flexibility index (Phi) is 4.81. The van der Waals surface area contributed by atoms with Gasteiger partial charge in [0.05, 0.1) is 0 Å². The number of halogens is 2. The Morgan fingerprint density at radius 1 is 1.13 bits per heavy atom. The molecule has 1 unspecified atom stereocenters. The molecular weight excluding hydrogens is 394 g/mol. The molecule has 1 fully saturated rings. The van der Waals surface area contributed by atoms with E-state index in [-0.39, 0.29) is 18.0 Å². The van der Waals surface area contributed by atoms with Crippen molar-refractivity contribution in [2.24, 2.45) is 0 Å². The number of hydrogen-bond acceptors (Lipinski definition) is 5. The first-order valence-corrected chi connectivity index (χ1v) is 9.33. The van der Waals surface area contributed by atoms with Gasteiger partial charge < -0.3 is 9.84 Å². The molecule has 1 saturated heterocycles. The summed E-state index contributed by atoms with van der Waals surface area (Å²) >= 11 is 0. The number of amides is 3. The molecule has 1 aliphatic rings. The second-order valence-electron chi connectivity index (χ2n) is 7.13. The Balaban J connectivity index is 1.56. The lowest BCUT2D eigenvalue weighted by Crippen LogP contribution is -2.41. The molecule has 1 N–H and O–H groups in total. The molecule has 0 spiro atoms. The average molecular weight is 412 g/mol. The zero-order chi connectivity index (χ0) is 21.5. The van der Waals surface area contributed by atoms with Gasteiger partial charge in [-0.25, -0.2) is 13.6 Å². The molecule has 2 aromatic carbocycles. The van der Waals surface area contributed by atoms with Crippen LogP contribution in [0.1, 0.15) is 30.9 Å². The summed E-state index contributed by atoms with van der Waals surface area (Å²) in [6.45, 7) is 3.13. The van der Waals surface area contributed by atoms with E-state index < -0.39 is 29.1 Å². The van der Waals surface area contributed by atoms with E-state index in [0.29, 0.717) is 11.9 Å². The van der Waals surface area contributed by atoms with Crippen LogP contribution in [0.5, 0.6) is 0 Å². The number of imide groups is 1. The fourth-order valence-electron chi connectivity index (χ4n) is 3.38. The largest absolute Gasteiger partial charge is 0.337 e. The number of carbonyl (C=O) groups is 2. The third kappa shape index (κ3) is 3.32. The Morgan fingerprint density at radius 3 is 2.53 bits per heavy atom. The van der Waals surface area contributed by atoms with Crippen LogP contribution in [0.3, 0.4) is 0 Å². The average Bonchev–Trinajstić information content (AvgIpc) is 3.27. The van der Waals surface area contributed by atoms with Gasteiger partial charge in [-0.1, -0.05) is 42.4 Å². The first-order chi connectivity index (χ1) is 14.3. The summed E-state index contributed by atoms with van der Waals surface area (Å²) < 4.78 is 32.7. The number of rotatable bonds is 5. The third-order valence-corrected chi connectivity index (χ3v) is 5.13. The molecule has 3 amide bonds. The number of nitrogens with zero attached hydrogens (tertiary/aromatic N) is 3. The molecule has 1 aliphatic heterocycles. The molecule has 9 heteroatoms. The Morgan fingerprint density at radius 2 is 1.87 bits per heavy atom. The van der Waals surface area contributed by atoms with Crippen LogP contribution in [-0.4, -0.2) is 27.0 Å². The first kappa shape index (κ1) is 19.7. The second-order valence-corrected chi connectivity index (χ2v) is 7.13. The van der Waals surface area contributed by atoms with Crippen LogP contribution in [0.4, 0.5) is 13.6 Å². The topological polar surface area (TPSA) is 88.3 Å². The van der Waals surface area contributed by atoms with Gasteiger partial charge in [-0.05, 0) is 25.0 Å². The minimum Gasteiger partial charge on any atom is -0.337 e. The number of carbonyl (C=O) groups excluding carboxylic acids is 2. The van der Waals surface area contributed by atoms with Gasteiger partial charge in [-0.3, -0.25) is 9.69 Å². The molecule has 1 atom stereocenters. The summed E-state index contributed by atoms with van der Waals surface area (Å²) in [5.74, 6) is -2.03. The first-order valence-electron chi connectivity index (χ1n) is 9.33. The van der Waals surface area contributed by atoms with Crippen molar-refractivity contribution in [2.75, 3.05) is 0 Å². The lowest BCUT2D eigenvalue weighted by Gasteiger charge is -2.22. The van der Waals surface area contributed by atoms with E-state index in [1.165, 1.54) is 6.92 Å². The van der Waals surface area contributed by atoms with Gasteiger partial charge in [0, 0.05) is 17.2 Å². The van der Waals surface area contributed by atoms with E-state index in [4.69, 9.17) is 4.52 Å². The van der Waals surface area contributed by atoms with Crippen LogP contribution in [0.2, 0.25) is 0 Å². The minimum atomic E-state index is -1.67. The van der Waals surface area contributed by atoms with Crippen LogP contribution in [-0.2, 0) is 23.3 Å². The molecule has 0 radical (unpaired) electrons. The molecule has 0 saturated carbocycles. The standard InChI is InChI=1S/C21H18F2N4O3/c1-3-12-4-6-13(7-5-12)18-24-17(30-26-18)11-27-19(28)21(2,25-20(27)29)15-9-8-14(22)10-16(15)23/h4-10H,3,11H2,1-2H3,(H,25,29). The number of benzene rings is 2. The van der Waals surface area contributed by atoms with E-state index in [2.05, 4.69) is 15.5 Å². The predicted molar refractivity (Wildman–Crippen MR) is 102 cm³/mol. The van der Waals surface area contributed by atoms with Crippen molar-refractivity contribution in [1.82, 2.24) is 20.4 Å². The number of nitrogens with one attached hydrogen (secondary N) is 1. The number of aromatic nitrogens is 2. The van der Waals surface area contributed by atoms with Crippen molar-refractivity contribution in [2.45, 2.75) is 32.4 Å². The van der Waals surface area contributed by atoms with E-state index in [9.17, 15) is 18.4 Å². The van der Waals surface area contributed by atoms with Gasteiger partial charge in [0.15, 0.2) is 0 Å². The molecule has 2 heterocycles. The van der Waals surface area contributed by atoms with Crippen LogP contribution in [0, 0.1) is 11.6 Å². The fraction of sp³-hybridized carbons (Fsp3) is 0.238. The summed E-state index contributed by atoms with van der Waals surface area (Å²) in [5, 5.41) is 6.36. The minimum absolute atomic E-state index is 0.0527. The smallest absolute Gasteiger partial charge is 0.325 e. The molecular formula is C21H18F2N4O3. The van der Waals surface area contributed by atoms with Crippen molar-refractivity contribution < 1.29 is 22.9 Å². The van der Waals surface area contributed by atoms with Gasteiger partial charge in [0.25, 0.3) is 5.91 Å². The summed E-state index contributed by atoms with van der Waals surface area (Å²) in [5.41, 5.74) is 0.0898. The van der Waals surface area contributed by atoms with Crippen molar-refractivity contribution in [3.05, 3.63) is 71.1 Å². The van der Waals surface area contributed by atoms with E-state index in [0.717, 1.165) is 34.6 Å². The van der Waals surface area contributed by atoms with Gasteiger partial charge in [0.2, 0.25) is 11.7 Å². The molecule has 0 bridgehead atoms. The van der Waals surface area contributed by atoms with Gasteiger partial charge in [-0.2, -0.15) is 4.98 Å². The summed E-state index contributed by atoms with van der Waals surface area (Å²) in [6, 6.07) is 9.70. The highest BCUT2D eigenvalue weighted by Gasteiger charge is 2.50. The predicted octanol–water partition coefficient (Wildman–Crippen LogP) is 3.54. The highest BCUT2D eigenvalue weighted by atomic mass is 19.1. The monoisotopic (exact) mass is 412 g/mol.